The number of benzene rings is 2. The summed E-state index contributed by atoms with van der Waals surface area (Å²) in [6, 6.07) is 20.0. The summed E-state index contributed by atoms with van der Waals surface area (Å²) in [5, 5.41) is 18.5. The zero-order valence-electron chi connectivity index (χ0n) is 15.0. The van der Waals surface area contributed by atoms with Crippen LogP contribution in [-0.2, 0) is 5.41 Å². The molecule has 1 N–H and O–H groups in total. The molecule has 1 aliphatic rings. The largest absolute Gasteiger partial charge is 0.497 e. The minimum absolute atomic E-state index is 0.230. The van der Waals surface area contributed by atoms with Gasteiger partial charge in [0.15, 0.2) is 0 Å². The minimum Gasteiger partial charge on any atom is -0.497 e. The van der Waals surface area contributed by atoms with Gasteiger partial charge in [-0.3, -0.25) is 9.98 Å². The van der Waals surface area contributed by atoms with Crippen LogP contribution < -0.4 is 10.2 Å². The van der Waals surface area contributed by atoms with Crippen LogP contribution in [-0.4, -0.2) is 11.7 Å². The first-order chi connectivity index (χ1) is 12.5. The van der Waals surface area contributed by atoms with Gasteiger partial charge in [0.05, 0.1) is 12.8 Å². The number of hydrogen-bond acceptors (Lipinski definition) is 3. The lowest BCUT2D eigenvalue weighted by Gasteiger charge is -2.21. The number of aromatic nitrogens is 1. The SMILES string of the molecule is COc1ccc(-c2cc3n(c(=N)c2C#N)-c2ccccc2C3(C)C)cc1. The highest BCUT2D eigenvalue weighted by molar-refractivity contribution is 5.73. The van der Waals surface area contributed by atoms with Crippen molar-refractivity contribution < 1.29 is 4.74 Å². The van der Waals surface area contributed by atoms with E-state index in [0.29, 0.717) is 5.56 Å². The smallest absolute Gasteiger partial charge is 0.148 e. The predicted molar refractivity (Wildman–Crippen MR) is 100 cm³/mol. The standard InChI is InChI=1S/C22H19N3O/c1-22(2)18-6-4-5-7-19(18)25-20(22)12-16(17(13-23)21(25)24)14-8-10-15(26-3)11-9-14/h4-12,24H,1-3H3. The second-order valence-electron chi connectivity index (χ2n) is 6.98. The zero-order chi connectivity index (χ0) is 18.5. The fraction of sp³-hybridized carbons (Fsp3) is 0.182. The zero-order valence-corrected chi connectivity index (χ0v) is 15.0. The summed E-state index contributed by atoms with van der Waals surface area (Å²) in [6.07, 6.45) is 0. The molecule has 0 spiro atoms. The van der Waals surface area contributed by atoms with Crippen LogP contribution in [0.15, 0.2) is 54.6 Å². The molecule has 26 heavy (non-hydrogen) atoms. The van der Waals surface area contributed by atoms with Gasteiger partial charge < -0.3 is 4.74 Å². The van der Waals surface area contributed by atoms with Crippen molar-refractivity contribution in [3.63, 3.8) is 0 Å². The quantitative estimate of drug-likeness (QED) is 0.761. The van der Waals surface area contributed by atoms with Crippen molar-refractivity contribution in [2.75, 3.05) is 7.11 Å². The van der Waals surface area contributed by atoms with Gasteiger partial charge in [-0.25, -0.2) is 0 Å². The van der Waals surface area contributed by atoms with Crippen LogP contribution in [0.1, 0.15) is 30.7 Å². The van der Waals surface area contributed by atoms with Gasteiger partial charge in [-0.05, 0) is 35.4 Å². The molecule has 0 atom stereocenters. The molecule has 0 radical (unpaired) electrons. The van der Waals surface area contributed by atoms with Crippen LogP contribution in [0.2, 0.25) is 0 Å². The average molecular weight is 341 g/mol. The second kappa shape index (κ2) is 5.60. The predicted octanol–water partition coefficient (Wildman–Crippen LogP) is 4.14. The lowest BCUT2D eigenvalue weighted by Crippen LogP contribution is -2.26. The lowest BCUT2D eigenvalue weighted by molar-refractivity contribution is 0.415. The minimum atomic E-state index is -0.235. The average Bonchev–Trinajstić information content (AvgIpc) is 2.89. The maximum absolute atomic E-state index is 9.76. The molecule has 0 aliphatic carbocycles. The maximum atomic E-state index is 9.76. The molecule has 0 unspecified atom stereocenters. The van der Waals surface area contributed by atoms with Gasteiger partial charge in [0.2, 0.25) is 0 Å². The van der Waals surface area contributed by atoms with Gasteiger partial charge in [0, 0.05) is 16.7 Å². The van der Waals surface area contributed by atoms with Gasteiger partial charge in [0.25, 0.3) is 0 Å². The van der Waals surface area contributed by atoms with E-state index in [1.807, 2.05) is 47.0 Å². The number of methoxy groups -OCH3 is 1. The number of para-hydroxylation sites is 1. The first kappa shape index (κ1) is 16.2. The van der Waals surface area contributed by atoms with Crippen molar-refractivity contribution in [1.82, 2.24) is 4.57 Å². The lowest BCUT2D eigenvalue weighted by atomic mass is 9.82. The van der Waals surface area contributed by atoms with Crippen LogP contribution in [0.25, 0.3) is 16.8 Å². The fourth-order valence-corrected chi connectivity index (χ4v) is 3.79. The summed E-state index contributed by atoms with van der Waals surface area (Å²) in [7, 11) is 1.63. The molecule has 4 heteroatoms. The summed E-state index contributed by atoms with van der Waals surface area (Å²) in [5.41, 5.74) is 5.24. The van der Waals surface area contributed by atoms with Crippen LogP contribution in [0.5, 0.6) is 5.75 Å². The topological polar surface area (TPSA) is 61.8 Å². The van der Waals surface area contributed by atoms with Crippen molar-refractivity contribution in [3.8, 4) is 28.6 Å². The van der Waals surface area contributed by atoms with E-state index < -0.39 is 0 Å². The fourth-order valence-electron chi connectivity index (χ4n) is 3.79. The Morgan fingerprint density at radius 1 is 1.08 bits per heavy atom. The molecular weight excluding hydrogens is 322 g/mol. The summed E-state index contributed by atoms with van der Waals surface area (Å²) < 4.78 is 7.13. The van der Waals surface area contributed by atoms with Crippen LogP contribution >= 0.6 is 0 Å². The first-order valence-electron chi connectivity index (χ1n) is 8.48. The third-order valence-electron chi connectivity index (χ3n) is 5.22. The van der Waals surface area contributed by atoms with Gasteiger partial charge in [-0.1, -0.05) is 44.2 Å². The van der Waals surface area contributed by atoms with E-state index in [0.717, 1.165) is 28.3 Å². The molecule has 0 saturated heterocycles. The summed E-state index contributed by atoms with van der Waals surface area (Å²) in [6.45, 7) is 4.32. The number of rotatable bonds is 2. The molecule has 0 saturated carbocycles. The molecule has 3 aromatic rings. The normalized spacial score (nSPS) is 13.6. The van der Waals surface area contributed by atoms with E-state index in [9.17, 15) is 5.26 Å². The third-order valence-corrected chi connectivity index (χ3v) is 5.22. The Hall–Kier alpha value is -3.32. The summed E-state index contributed by atoms with van der Waals surface area (Å²) >= 11 is 0. The number of fused-ring (bicyclic) bond motifs is 3. The molecule has 1 aromatic heterocycles. The Labute approximate surface area is 152 Å². The highest BCUT2D eigenvalue weighted by Gasteiger charge is 2.36. The molecular formula is C22H19N3O. The number of hydrogen-bond donors (Lipinski definition) is 1. The Morgan fingerprint density at radius 2 is 1.77 bits per heavy atom. The molecule has 1 aliphatic heterocycles. The molecule has 2 aromatic carbocycles. The van der Waals surface area contributed by atoms with Gasteiger partial charge >= 0.3 is 0 Å². The molecule has 4 nitrogen and oxygen atoms in total. The van der Waals surface area contributed by atoms with Crippen molar-refractivity contribution in [2.45, 2.75) is 19.3 Å². The van der Waals surface area contributed by atoms with E-state index in [-0.39, 0.29) is 10.9 Å². The number of nitriles is 1. The van der Waals surface area contributed by atoms with Crippen molar-refractivity contribution in [2.24, 2.45) is 0 Å². The summed E-state index contributed by atoms with van der Waals surface area (Å²) in [4.78, 5) is 0. The molecule has 4 rings (SSSR count). The molecule has 0 bridgehead atoms. The monoisotopic (exact) mass is 341 g/mol. The number of nitrogens with one attached hydrogen (secondary N) is 1. The van der Waals surface area contributed by atoms with E-state index >= 15 is 0 Å². The molecule has 0 amide bonds. The molecule has 0 fully saturated rings. The van der Waals surface area contributed by atoms with Gasteiger partial charge in [0.1, 0.15) is 22.9 Å². The second-order valence-corrected chi connectivity index (χ2v) is 6.98. The number of pyridine rings is 1. The number of ether oxygens (including phenoxy) is 1. The van der Waals surface area contributed by atoms with Crippen LogP contribution in [0.3, 0.4) is 0 Å². The Morgan fingerprint density at radius 3 is 2.42 bits per heavy atom. The van der Waals surface area contributed by atoms with E-state index in [1.165, 1.54) is 5.56 Å². The Kier molecular flexibility index (Phi) is 3.48. The first-order valence-corrected chi connectivity index (χ1v) is 8.48. The maximum Gasteiger partial charge on any atom is 0.148 e. The van der Waals surface area contributed by atoms with Crippen molar-refractivity contribution >= 4 is 0 Å². The van der Waals surface area contributed by atoms with E-state index in [1.54, 1.807) is 7.11 Å². The van der Waals surface area contributed by atoms with Crippen LogP contribution in [0, 0.1) is 16.7 Å². The third kappa shape index (κ3) is 2.11. The Balaban J connectivity index is 2.04. The van der Waals surface area contributed by atoms with Gasteiger partial charge in [-0.2, -0.15) is 5.26 Å². The number of nitrogens with zero attached hydrogens (tertiary/aromatic N) is 2. The summed E-state index contributed by atoms with van der Waals surface area (Å²) in [5.74, 6) is 0.765. The van der Waals surface area contributed by atoms with Crippen LogP contribution in [0.4, 0.5) is 0 Å². The van der Waals surface area contributed by atoms with E-state index in [4.69, 9.17) is 10.1 Å². The highest BCUT2D eigenvalue weighted by atomic mass is 16.5. The molecule has 2 heterocycles. The highest BCUT2D eigenvalue weighted by Crippen LogP contribution is 2.42. The van der Waals surface area contributed by atoms with Crippen molar-refractivity contribution in [3.05, 3.63) is 76.9 Å². The molecule has 128 valence electrons. The van der Waals surface area contributed by atoms with E-state index in [2.05, 4.69) is 32.0 Å². The van der Waals surface area contributed by atoms with Gasteiger partial charge in [-0.15, -0.1) is 0 Å². The van der Waals surface area contributed by atoms with Crippen molar-refractivity contribution in [1.29, 1.82) is 10.7 Å². The Bertz CT molecular complexity index is 1120.